The topological polar surface area (TPSA) is 41.6 Å². The lowest BCUT2D eigenvalue weighted by molar-refractivity contribution is 0.0226. The number of nitrogens with zero attached hydrogens (tertiary/aromatic N) is 1. The summed E-state index contributed by atoms with van der Waals surface area (Å²) < 4.78 is 5.56. The number of ether oxygens (including phenoxy) is 1. The van der Waals surface area contributed by atoms with Gasteiger partial charge in [-0.2, -0.15) is 0 Å². The van der Waals surface area contributed by atoms with Crippen LogP contribution in [0.3, 0.4) is 0 Å². The zero-order chi connectivity index (χ0) is 21.2. The van der Waals surface area contributed by atoms with E-state index in [1.807, 2.05) is 25.7 Å². The van der Waals surface area contributed by atoms with Crippen molar-refractivity contribution in [2.45, 2.75) is 111 Å². The zero-order valence-corrected chi connectivity index (χ0v) is 19.9. The Hall–Kier alpha value is -0.770. The Morgan fingerprint density at radius 3 is 2.18 bits per heavy atom. The van der Waals surface area contributed by atoms with E-state index >= 15 is 0 Å². The molecule has 1 fully saturated rings. The van der Waals surface area contributed by atoms with Crippen LogP contribution in [0.5, 0.6) is 0 Å². The van der Waals surface area contributed by atoms with Gasteiger partial charge in [-0.25, -0.2) is 4.79 Å². The fraction of sp³-hybridized carbons (Fsp3) is 0.958. The average molecular weight is 397 g/mol. The SMILES string of the molecule is CC(C)CCC(CCCNC[C@@H]1CCCN1C(=O)OC(C)(C)C)CCC(C)C. The Kier molecular flexibility index (Phi) is 11.5. The number of carbonyl (C=O) groups excluding carboxylic acids is 1. The quantitative estimate of drug-likeness (QED) is 0.397. The third-order valence-corrected chi connectivity index (χ3v) is 5.66. The van der Waals surface area contributed by atoms with E-state index in [0.717, 1.165) is 50.2 Å². The molecule has 4 heteroatoms. The Labute approximate surface area is 175 Å². The summed E-state index contributed by atoms with van der Waals surface area (Å²) in [6.45, 7) is 17.9. The average Bonchev–Trinajstić information content (AvgIpc) is 3.03. The molecule has 0 spiro atoms. The minimum absolute atomic E-state index is 0.153. The van der Waals surface area contributed by atoms with Gasteiger partial charge in [0, 0.05) is 19.1 Å². The van der Waals surface area contributed by atoms with Gasteiger partial charge in [0.1, 0.15) is 5.60 Å². The Balaban J connectivity index is 2.30. The second-order valence-electron chi connectivity index (χ2n) is 10.6. The van der Waals surface area contributed by atoms with Crippen LogP contribution in [0, 0.1) is 17.8 Å². The molecule has 4 nitrogen and oxygen atoms in total. The number of carbonyl (C=O) groups is 1. The van der Waals surface area contributed by atoms with E-state index in [4.69, 9.17) is 4.74 Å². The Bertz CT molecular complexity index is 417. The lowest BCUT2D eigenvalue weighted by Gasteiger charge is -2.28. The number of hydrogen-bond donors (Lipinski definition) is 1. The standard InChI is InChI=1S/C24H48N2O2/c1-19(2)12-14-21(15-13-20(3)4)10-8-16-25-18-22-11-9-17-26(22)23(27)28-24(5,6)7/h19-22,25H,8-18H2,1-7H3/t22-/m0/s1. The summed E-state index contributed by atoms with van der Waals surface area (Å²) in [4.78, 5) is 14.3. The first-order valence-electron chi connectivity index (χ1n) is 11.8. The maximum absolute atomic E-state index is 12.4. The molecule has 166 valence electrons. The molecule has 1 amide bonds. The maximum atomic E-state index is 12.4. The summed E-state index contributed by atoms with van der Waals surface area (Å²) in [5, 5.41) is 3.61. The van der Waals surface area contributed by atoms with Crippen LogP contribution in [0.4, 0.5) is 4.79 Å². The van der Waals surface area contributed by atoms with Gasteiger partial charge in [0.25, 0.3) is 0 Å². The molecule has 1 atom stereocenters. The van der Waals surface area contributed by atoms with Crippen molar-refractivity contribution < 1.29 is 9.53 Å². The van der Waals surface area contributed by atoms with Crippen LogP contribution >= 0.6 is 0 Å². The summed E-state index contributed by atoms with van der Waals surface area (Å²) in [6, 6.07) is 0.285. The molecule has 0 saturated carbocycles. The van der Waals surface area contributed by atoms with E-state index in [2.05, 4.69) is 33.0 Å². The van der Waals surface area contributed by atoms with Crippen molar-refractivity contribution in [1.82, 2.24) is 10.2 Å². The molecule has 0 radical (unpaired) electrons. The van der Waals surface area contributed by atoms with Crippen LogP contribution in [0.25, 0.3) is 0 Å². The van der Waals surface area contributed by atoms with E-state index < -0.39 is 5.60 Å². The molecule has 1 aliphatic rings. The van der Waals surface area contributed by atoms with Crippen LogP contribution < -0.4 is 5.32 Å². The smallest absolute Gasteiger partial charge is 0.410 e. The first kappa shape index (κ1) is 25.3. The van der Waals surface area contributed by atoms with Gasteiger partial charge in [-0.05, 0) is 70.8 Å². The van der Waals surface area contributed by atoms with E-state index in [-0.39, 0.29) is 12.1 Å². The third-order valence-electron chi connectivity index (χ3n) is 5.66. The molecular formula is C24H48N2O2. The highest BCUT2D eigenvalue weighted by Gasteiger charge is 2.31. The maximum Gasteiger partial charge on any atom is 0.410 e. The summed E-state index contributed by atoms with van der Waals surface area (Å²) in [7, 11) is 0. The molecule has 1 saturated heterocycles. The summed E-state index contributed by atoms with van der Waals surface area (Å²) in [5.74, 6) is 2.48. The van der Waals surface area contributed by atoms with Gasteiger partial charge in [0.05, 0.1) is 0 Å². The van der Waals surface area contributed by atoms with Crippen molar-refractivity contribution in [3.8, 4) is 0 Å². The van der Waals surface area contributed by atoms with Crippen LogP contribution in [-0.2, 0) is 4.74 Å². The molecule has 0 bridgehead atoms. The molecule has 0 aromatic heterocycles. The normalized spacial score (nSPS) is 17.9. The summed E-state index contributed by atoms with van der Waals surface area (Å²) >= 11 is 0. The first-order valence-corrected chi connectivity index (χ1v) is 11.8. The van der Waals surface area contributed by atoms with Crippen LogP contribution in [-0.4, -0.2) is 42.3 Å². The molecule has 1 rings (SSSR count). The van der Waals surface area contributed by atoms with Gasteiger partial charge in [-0.15, -0.1) is 0 Å². The fourth-order valence-corrected chi connectivity index (χ4v) is 3.96. The van der Waals surface area contributed by atoms with Gasteiger partial charge >= 0.3 is 6.09 Å². The lowest BCUT2D eigenvalue weighted by Crippen LogP contribution is -2.44. The van der Waals surface area contributed by atoms with Gasteiger partial charge in [-0.3, -0.25) is 0 Å². The summed E-state index contributed by atoms with van der Waals surface area (Å²) in [5.41, 5.74) is -0.418. The van der Waals surface area contributed by atoms with Gasteiger partial charge in [-0.1, -0.05) is 53.4 Å². The van der Waals surface area contributed by atoms with Crippen LogP contribution in [0.1, 0.15) is 99.8 Å². The molecule has 0 aliphatic carbocycles. The van der Waals surface area contributed by atoms with Gasteiger partial charge < -0.3 is 15.0 Å². The van der Waals surface area contributed by atoms with E-state index in [0.29, 0.717) is 0 Å². The van der Waals surface area contributed by atoms with Crippen molar-refractivity contribution in [3.05, 3.63) is 0 Å². The molecule has 1 heterocycles. The molecule has 1 N–H and O–H groups in total. The van der Waals surface area contributed by atoms with Crippen molar-refractivity contribution >= 4 is 6.09 Å². The minimum Gasteiger partial charge on any atom is -0.444 e. The second kappa shape index (κ2) is 12.7. The summed E-state index contributed by atoms with van der Waals surface area (Å²) in [6.07, 6.45) is 10.0. The molecular weight excluding hydrogens is 348 g/mol. The van der Waals surface area contributed by atoms with Gasteiger partial charge in [0.2, 0.25) is 0 Å². The Morgan fingerprint density at radius 2 is 1.64 bits per heavy atom. The largest absolute Gasteiger partial charge is 0.444 e. The fourth-order valence-electron chi connectivity index (χ4n) is 3.96. The minimum atomic E-state index is -0.418. The van der Waals surface area contributed by atoms with Crippen LogP contribution in [0.15, 0.2) is 0 Å². The number of rotatable bonds is 12. The number of likely N-dealkylation sites (tertiary alicyclic amines) is 1. The number of hydrogen-bond acceptors (Lipinski definition) is 3. The third kappa shape index (κ3) is 11.3. The molecule has 0 aromatic carbocycles. The van der Waals surface area contributed by atoms with E-state index in [1.165, 1.54) is 38.5 Å². The van der Waals surface area contributed by atoms with Crippen molar-refractivity contribution in [2.24, 2.45) is 17.8 Å². The predicted octanol–water partition coefficient (Wildman–Crippen LogP) is 6.24. The monoisotopic (exact) mass is 396 g/mol. The highest BCUT2D eigenvalue weighted by atomic mass is 16.6. The number of nitrogens with one attached hydrogen (secondary N) is 1. The molecule has 28 heavy (non-hydrogen) atoms. The van der Waals surface area contributed by atoms with Crippen molar-refractivity contribution in [3.63, 3.8) is 0 Å². The van der Waals surface area contributed by atoms with Gasteiger partial charge in [0.15, 0.2) is 0 Å². The first-order chi connectivity index (χ1) is 13.1. The van der Waals surface area contributed by atoms with E-state index in [9.17, 15) is 4.79 Å². The second-order valence-corrected chi connectivity index (χ2v) is 10.6. The van der Waals surface area contributed by atoms with E-state index in [1.54, 1.807) is 0 Å². The number of amides is 1. The predicted molar refractivity (Wildman–Crippen MR) is 120 cm³/mol. The highest BCUT2D eigenvalue weighted by Crippen LogP contribution is 2.24. The lowest BCUT2D eigenvalue weighted by atomic mass is 9.88. The molecule has 0 aromatic rings. The highest BCUT2D eigenvalue weighted by molar-refractivity contribution is 5.69. The van der Waals surface area contributed by atoms with Crippen molar-refractivity contribution in [2.75, 3.05) is 19.6 Å². The van der Waals surface area contributed by atoms with Crippen LogP contribution in [0.2, 0.25) is 0 Å². The molecule has 0 unspecified atom stereocenters. The zero-order valence-electron chi connectivity index (χ0n) is 19.9. The Morgan fingerprint density at radius 1 is 1.04 bits per heavy atom. The van der Waals surface area contributed by atoms with Crippen molar-refractivity contribution in [1.29, 1.82) is 0 Å². The molecule has 1 aliphatic heterocycles.